The molecule has 0 radical (unpaired) electrons. The van der Waals surface area contributed by atoms with E-state index in [1.807, 2.05) is 4.90 Å². The van der Waals surface area contributed by atoms with Crippen molar-refractivity contribution in [2.24, 2.45) is 0 Å². The van der Waals surface area contributed by atoms with E-state index < -0.39 is 16.8 Å². The number of amides is 1. The SMILES string of the molecule is O=C(CN1CCN(C(=S)NC2CC2)CC1)Nc1ccc(Cl)c(C(F)(F)F)c1. The van der Waals surface area contributed by atoms with Crippen molar-refractivity contribution in [3.8, 4) is 0 Å². The van der Waals surface area contributed by atoms with Gasteiger partial charge in [0.2, 0.25) is 5.91 Å². The third-order valence-corrected chi connectivity index (χ3v) is 5.19. The molecule has 0 aromatic heterocycles. The van der Waals surface area contributed by atoms with E-state index in [1.54, 1.807) is 0 Å². The molecule has 1 aromatic carbocycles. The van der Waals surface area contributed by atoms with E-state index in [-0.39, 0.29) is 18.1 Å². The second-order valence-electron chi connectivity index (χ2n) is 6.73. The zero-order valence-corrected chi connectivity index (χ0v) is 16.1. The van der Waals surface area contributed by atoms with Gasteiger partial charge in [-0.3, -0.25) is 9.69 Å². The average Bonchev–Trinajstić information content (AvgIpc) is 3.40. The van der Waals surface area contributed by atoms with E-state index in [2.05, 4.69) is 15.5 Å². The number of carbonyl (C=O) groups is 1. The molecule has 1 saturated carbocycles. The van der Waals surface area contributed by atoms with Crippen molar-refractivity contribution >= 4 is 40.5 Å². The first-order valence-electron chi connectivity index (χ1n) is 8.67. The van der Waals surface area contributed by atoms with Crippen LogP contribution in [0.1, 0.15) is 18.4 Å². The van der Waals surface area contributed by atoms with Crippen LogP contribution < -0.4 is 10.6 Å². The number of rotatable bonds is 4. The highest BCUT2D eigenvalue weighted by atomic mass is 35.5. The summed E-state index contributed by atoms with van der Waals surface area (Å²) in [5.41, 5.74) is -0.891. The van der Waals surface area contributed by atoms with Crippen molar-refractivity contribution < 1.29 is 18.0 Å². The van der Waals surface area contributed by atoms with Crippen molar-refractivity contribution in [2.45, 2.75) is 25.1 Å². The molecule has 0 bridgehead atoms. The molecule has 2 fully saturated rings. The molecule has 1 aliphatic heterocycles. The lowest BCUT2D eigenvalue weighted by molar-refractivity contribution is -0.137. The van der Waals surface area contributed by atoms with E-state index in [9.17, 15) is 18.0 Å². The number of nitrogens with zero attached hydrogens (tertiary/aromatic N) is 2. The number of hydrogen-bond acceptors (Lipinski definition) is 3. The summed E-state index contributed by atoms with van der Waals surface area (Å²) in [5, 5.41) is 6.15. The number of halogens is 4. The van der Waals surface area contributed by atoms with Crippen LogP contribution in [0.4, 0.5) is 18.9 Å². The largest absolute Gasteiger partial charge is 0.417 e. The molecule has 1 heterocycles. The van der Waals surface area contributed by atoms with Crippen LogP contribution in [0.15, 0.2) is 18.2 Å². The van der Waals surface area contributed by atoms with Gasteiger partial charge in [0.05, 0.1) is 17.1 Å². The number of thiocarbonyl (C=S) groups is 1. The minimum absolute atomic E-state index is 0.0742. The highest BCUT2D eigenvalue weighted by molar-refractivity contribution is 7.80. The number of carbonyl (C=O) groups excluding carboxylic acids is 1. The first-order chi connectivity index (χ1) is 12.7. The summed E-state index contributed by atoms with van der Waals surface area (Å²) in [6, 6.07) is 3.84. The van der Waals surface area contributed by atoms with Gasteiger partial charge in [0.15, 0.2) is 5.11 Å². The van der Waals surface area contributed by atoms with Crippen LogP contribution in [0.3, 0.4) is 0 Å². The zero-order valence-electron chi connectivity index (χ0n) is 14.5. The minimum Gasteiger partial charge on any atom is -0.360 e. The van der Waals surface area contributed by atoms with Crippen molar-refractivity contribution in [3.05, 3.63) is 28.8 Å². The lowest BCUT2D eigenvalue weighted by atomic mass is 10.2. The van der Waals surface area contributed by atoms with Crippen molar-refractivity contribution in [1.29, 1.82) is 0 Å². The van der Waals surface area contributed by atoms with Gasteiger partial charge in [-0.15, -0.1) is 0 Å². The molecule has 1 amide bonds. The van der Waals surface area contributed by atoms with Crippen LogP contribution in [0.5, 0.6) is 0 Å². The van der Waals surface area contributed by atoms with Gasteiger partial charge in [-0.25, -0.2) is 0 Å². The van der Waals surface area contributed by atoms with Crippen LogP contribution in [0.25, 0.3) is 0 Å². The normalized spacial score (nSPS) is 18.3. The summed E-state index contributed by atoms with van der Waals surface area (Å²) in [6.07, 6.45) is -2.26. The first kappa shape index (κ1) is 20.2. The van der Waals surface area contributed by atoms with Crippen LogP contribution in [0.2, 0.25) is 5.02 Å². The van der Waals surface area contributed by atoms with Crippen molar-refractivity contribution in [3.63, 3.8) is 0 Å². The molecular formula is C17H20ClF3N4OS. The number of hydrogen-bond donors (Lipinski definition) is 2. The Hall–Kier alpha value is -1.58. The Bertz CT molecular complexity index is 719. The molecule has 3 rings (SSSR count). The third kappa shape index (κ3) is 5.70. The number of alkyl halides is 3. The Morgan fingerprint density at radius 3 is 2.48 bits per heavy atom. The Labute approximate surface area is 165 Å². The second-order valence-corrected chi connectivity index (χ2v) is 7.52. The molecule has 1 aliphatic carbocycles. The molecule has 27 heavy (non-hydrogen) atoms. The van der Waals surface area contributed by atoms with E-state index in [4.69, 9.17) is 23.8 Å². The van der Waals surface area contributed by atoms with Crippen LogP contribution in [0, 0.1) is 0 Å². The molecule has 2 aliphatic rings. The summed E-state index contributed by atoms with van der Waals surface area (Å²) in [5.74, 6) is -0.363. The monoisotopic (exact) mass is 420 g/mol. The summed E-state index contributed by atoms with van der Waals surface area (Å²) in [7, 11) is 0. The van der Waals surface area contributed by atoms with E-state index >= 15 is 0 Å². The Kier molecular flexibility index (Phi) is 6.12. The molecule has 0 atom stereocenters. The number of nitrogens with one attached hydrogen (secondary N) is 2. The number of piperazine rings is 1. The van der Waals surface area contributed by atoms with Gasteiger partial charge >= 0.3 is 6.18 Å². The minimum atomic E-state index is -4.57. The smallest absolute Gasteiger partial charge is 0.360 e. The van der Waals surface area contributed by atoms with Gasteiger partial charge < -0.3 is 15.5 Å². The van der Waals surface area contributed by atoms with E-state index in [0.717, 1.165) is 30.1 Å². The van der Waals surface area contributed by atoms with Crippen LogP contribution >= 0.6 is 23.8 Å². The average molecular weight is 421 g/mol. The van der Waals surface area contributed by atoms with Crippen LogP contribution in [-0.2, 0) is 11.0 Å². The zero-order chi connectivity index (χ0) is 19.6. The molecule has 5 nitrogen and oxygen atoms in total. The summed E-state index contributed by atoms with van der Waals surface area (Å²) in [4.78, 5) is 16.2. The second kappa shape index (κ2) is 8.20. The molecule has 1 saturated heterocycles. The molecule has 0 unspecified atom stereocenters. The van der Waals surface area contributed by atoms with Gasteiger partial charge in [0.1, 0.15) is 0 Å². The van der Waals surface area contributed by atoms with Gasteiger partial charge in [-0.2, -0.15) is 13.2 Å². The molecule has 0 spiro atoms. The number of anilines is 1. The fraction of sp³-hybridized carbons (Fsp3) is 0.529. The lowest BCUT2D eigenvalue weighted by Gasteiger charge is -2.35. The fourth-order valence-corrected chi connectivity index (χ4v) is 3.40. The van der Waals surface area contributed by atoms with E-state index in [0.29, 0.717) is 32.2 Å². The third-order valence-electron chi connectivity index (χ3n) is 4.49. The van der Waals surface area contributed by atoms with Crippen LogP contribution in [-0.4, -0.2) is 59.6 Å². The van der Waals surface area contributed by atoms with Crippen molar-refractivity contribution in [1.82, 2.24) is 15.1 Å². The molecule has 148 valence electrons. The maximum atomic E-state index is 12.9. The van der Waals surface area contributed by atoms with Gasteiger partial charge in [-0.05, 0) is 43.3 Å². The van der Waals surface area contributed by atoms with E-state index in [1.165, 1.54) is 6.07 Å². The Balaban J connectivity index is 1.48. The quantitative estimate of drug-likeness (QED) is 0.733. The lowest BCUT2D eigenvalue weighted by Crippen LogP contribution is -2.53. The van der Waals surface area contributed by atoms with Crippen molar-refractivity contribution in [2.75, 3.05) is 38.0 Å². The first-order valence-corrected chi connectivity index (χ1v) is 9.45. The fourth-order valence-electron chi connectivity index (χ4n) is 2.83. The number of benzene rings is 1. The Morgan fingerprint density at radius 2 is 1.89 bits per heavy atom. The molecule has 10 heteroatoms. The summed E-state index contributed by atoms with van der Waals surface area (Å²) >= 11 is 11.0. The van der Waals surface area contributed by atoms with Gasteiger partial charge in [-0.1, -0.05) is 11.6 Å². The molecule has 2 N–H and O–H groups in total. The predicted molar refractivity (Wildman–Crippen MR) is 102 cm³/mol. The van der Waals surface area contributed by atoms with Gasteiger partial charge in [0, 0.05) is 37.9 Å². The molecule has 1 aromatic rings. The predicted octanol–water partition coefficient (Wildman–Crippen LogP) is 2.95. The Morgan fingerprint density at radius 1 is 1.22 bits per heavy atom. The standard InChI is InChI=1S/C17H20ClF3N4OS/c18-14-4-3-12(9-13(14)17(19,20)21)22-15(26)10-24-5-7-25(8-6-24)16(27)23-11-1-2-11/h3-4,9,11H,1-2,5-8,10H2,(H,22,26)(H,23,27). The summed E-state index contributed by atoms with van der Waals surface area (Å²) in [6.45, 7) is 2.86. The topological polar surface area (TPSA) is 47.6 Å². The maximum Gasteiger partial charge on any atom is 0.417 e. The summed E-state index contributed by atoms with van der Waals surface area (Å²) < 4.78 is 38.7. The maximum absolute atomic E-state index is 12.9. The highest BCUT2D eigenvalue weighted by Gasteiger charge is 2.33. The molecular weight excluding hydrogens is 401 g/mol. The van der Waals surface area contributed by atoms with Gasteiger partial charge in [0.25, 0.3) is 0 Å². The highest BCUT2D eigenvalue weighted by Crippen LogP contribution is 2.36.